The lowest BCUT2D eigenvalue weighted by Crippen LogP contribution is -2.32. The third-order valence-electron chi connectivity index (χ3n) is 3.37. The molecule has 3 amide bonds. The van der Waals surface area contributed by atoms with Crippen molar-refractivity contribution in [3.8, 4) is 0 Å². The van der Waals surface area contributed by atoms with Gasteiger partial charge in [0.1, 0.15) is 0 Å². The molecule has 1 saturated carbocycles. The van der Waals surface area contributed by atoms with Crippen molar-refractivity contribution in [1.29, 1.82) is 0 Å². The second-order valence-corrected chi connectivity index (χ2v) is 5.86. The largest absolute Gasteiger partial charge is 0.354 e. The molecule has 2 unspecified atom stereocenters. The fourth-order valence-corrected chi connectivity index (χ4v) is 2.24. The van der Waals surface area contributed by atoms with Crippen LogP contribution in [0.4, 0.5) is 11.4 Å². The Hall–Kier alpha value is -2.37. The molecule has 1 aromatic rings. The molecule has 6 nitrogen and oxygen atoms in total. The molecule has 3 N–H and O–H groups in total. The molecule has 22 heavy (non-hydrogen) atoms. The Morgan fingerprint density at radius 2 is 1.45 bits per heavy atom. The number of benzene rings is 1. The van der Waals surface area contributed by atoms with E-state index in [9.17, 15) is 14.4 Å². The zero-order chi connectivity index (χ0) is 16.3. The van der Waals surface area contributed by atoms with Gasteiger partial charge in [0.15, 0.2) is 0 Å². The molecule has 2 atom stereocenters. The van der Waals surface area contributed by atoms with Gasteiger partial charge >= 0.3 is 0 Å². The van der Waals surface area contributed by atoms with E-state index in [1.165, 1.54) is 6.92 Å². The number of anilines is 2. The molecule has 0 aliphatic heterocycles. The van der Waals surface area contributed by atoms with Crippen LogP contribution in [0.5, 0.6) is 0 Å². The number of carbonyl (C=O) groups excluding carboxylic acids is 3. The molecule has 0 aromatic heterocycles. The average Bonchev–Trinajstić information content (AvgIpc) is 3.20. The number of hydrogen-bond donors (Lipinski definition) is 3. The molecule has 0 saturated heterocycles. The Labute approximate surface area is 129 Å². The van der Waals surface area contributed by atoms with Gasteiger partial charge in [-0.1, -0.05) is 0 Å². The minimum atomic E-state index is -0.256. The highest BCUT2D eigenvalue weighted by molar-refractivity contribution is 5.99. The van der Waals surface area contributed by atoms with E-state index in [4.69, 9.17) is 0 Å². The molecule has 1 aliphatic carbocycles. The molecule has 0 heterocycles. The lowest BCUT2D eigenvalue weighted by atomic mass is 10.2. The lowest BCUT2D eigenvalue weighted by molar-refractivity contribution is -0.125. The zero-order valence-corrected chi connectivity index (χ0v) is 13.0. The second-order valence-electron chi connectivity index (χ2n) is 5.86. The van der Waals surface area contributed by atoms with Crippen molar-refractivity contribution in [3.63, 3.8) is 0 Å². The molecule has 2 rings (SSSR count). The second kappa shape index (κ2) is 6.60. The summed E-state index contributed by atoms with van der Waals surface area (Å²) in [4.78, 5) is 34.8. The van der Waals surface area contributed by atoms with Gasteiger partial charge in [-0.05, 0) is 44.5 Å². The van der Waals surface area contributed by atoms with Crippen molar-refractivity contribution in [1.82, 2.24) is 5.32 Å². The Balaban J connectivity index is 1.85. The molecule has 1 fully saturated rings. The quantitative estimate of drug-likeness (QED) is 0.774. The number of rotatable bonds is 5. The third-order valence-corrected chi connectivity index (χ3v) is 3.37. The van der Waals surface area contributed by atoms with Crippen LogP contribution in [0.25, 0.3) is 0 Å². The fraction of sp³-hybridized carbons (Fsp3) is 0.438. The topological polar surface area (TPSA) is 87.3 Å². The van der Waals surface area contributed by atoms with Crippen LogP contribution in [-0.2, 0) is 14.4 Å². The Kier molecular flexibility index (Phi) is 4.80. The minimum Gasteiger partial charge on any atom is -0.354 e. The minimum absolute atomic E-state index is 0.0591. The van der Waals surface area contributed by atoms with E-state index in [1.807, 2.05) is 13.8 Å². The average molecular weight is 303 g/mol. The zero-order valence-electron chi connectivity index (χ0n) is 13.0. The summed E-state index contributed by atoms with van der Waals surface area (Å²) in [5.41, 5.74) is 1.32. The molecule has 0 radical (unpaired) electrons. The summed E-state index contributed by atoms with van der Waals surface area (Å²) in [6, 6.07) is 6.95. The highest BCUT2D eigenvalue weighted by Gasteiger charge is 2.48. The standard InChI is InChI=1S/C16H21N3O3/c1-9(2)17-15(21)13-8-14(13)16(22)19-12-6-4-11(5-7-12)18-10(3)20/h4-7,9,13-14H,8H2,1-3H3,(H,17,21)(H,18,20)(H,19,22). The van der Waals surface area contributed by atoms with Crippen molar-refractivity contribution in [2.24, 2.45) is 11.8 Å². The van der Waals surface area contributed by atoms with Crippen molar-refractivity contribution < 1.29 is 14.4 Å². The summed E-state index contributed by atoms with van der Waals surface area (Å²) in [5, 5.41) is 8.27. The van der Waals surface area contributed by atoms with Gasteiger partial charge < -0.3 is 16.0 Å². The summed E-state index contributed by atoms with van der Waals surface area (Å²) in [7, 11) is 0. The van der Waals surface area contributed by atoms with Crippen LogP contribution in [0.15, 0.2) is 24.3 Å². The number of carbonyl (C=O) groups is 3. The summed E-state index contributed by atoms with van der Waals surface area (Å²) >= 11 is 0. The molecule has 0 spiro atoms. The maximum Gasteiger partial charge on any atom is 0.228 e. The van der Waals surface area contributed by atoms with E-state index >= 15 is 0 Å². The van der Waals surface area contributed by atoms with Crippen molar-refractivity contribution in [2.75, 3.05) is 10.6 Å². The van der Waals surface area contributed by atoms with Gasteiger partial charge in [0.05, 0.1) is 11.8 Å². The van der Waals surface area contributed by atoms with Gasteiger partial charge in [0.25, 0.3) is 0 Å². The van der Waals surface area contributed by atoms with Crippen LogP contribution in [0.1, 0.15) is 27.2 Å². The van der Waals surface area contributed by atoms with Crippen molar-refractivity contribution >= 4 is 29.1 Å². The Bertz CT molecular complexity index is 581. The highest BCUT2D eigenvalue weighted by Crippen LogP contribution is 2.39. The predicted molar refractivity (Wildman–Crippen MR) is 84.3 cm³/mol. The van der Waals surface area contributed by atoms with Crippen LogP contribution in [0, 0.1) is 11.8 Å². The van der Waals surface area contributed by atoms with Gasteiger partial charge in [-0.25, -0.2) is 0 Å². The van der Waals surface area contributed by atoms with Gasteiger partial charge in [0.2, 0.25) is 17.7 Å². The lowest BCUT2D eigenvalue weighted by Gasteiger charge is -2.08. The maximum atomic E-state index is 12.1. The number of amides is 3. The smallest absolute Gasteiger partial charge is 0.228 e. The number of hydrogen-bond acceptors (Lipinski definition) is 3. The van der Waals surface area contributed by atoms with E-state index in [-0.39, 0.29) is 35.6 Å². The van der Waals surface area contributed by atoms with Crippen LogP contribution in [-0.4, -0.2) is 23.8 Å². The molecule has 1 aliphatic rings. The Morgan fingerprint density at radius 1 is 0.955 bits per heavy atom. The summed E-state index contributed by atoms with van der Waals surface area (Å²) < 4.78 is 0. The van der Waals surface area contributed by atoms with Crippen LogP contribution in [0.3, 0.4) is 0 Å². The maximum absolute atomic E-state index is 12.1. The predicted octanol–water partition coefficient (Wildman–Crippen LogP) is 1.74. The fourth-order valence-electron chi connectivity index (χ4n) is 2.24. The number of nitrogens with one attached hydrogen (secondary N) is 3. The van der Waals surface area contributed by atoms with E-state index < -0.39 is 0 Å². The van der Waals surface area contributed by atoms with E-state index in [0.717, 1.165) is 0 Å². The van der Waals surface area contributed by atoms with E-state index in [2.05, 4.69) is 16.0 Å². The molecule has 0 bridgehead atoms. The van der Waals surface area contributed by atoms with Gasteiger partial charge in [-0.15, -0.1) is 0 Å². The van der Waals surface area contributed by atoms with Crippen LogP contribution >= 0.6 is 0 Å². The first-order valence-electron chi connectivity index (χ1n) is 7.35. The van der Waals surface area contributed by atoms with Crippen molar-refractivity contribution in [3.05, 3.63) is 24.3 Å². The highest BCUT2D eigenvalue weighted by atomic mass is 16.2. The van der Waals surface area contributed by atoms with Crippen LogP contribution in [0.2, 0.25) is 0 Å². The first-order valence-corrected chi connectivity index (χ1v) is 7.35. The first-order chi connectivity index (χ1) is 10.4. The van der Waals surface area contributed by atoms with Gasteiger partial charge in [0, 0.05) is 24.3 Å². The van der Waals surface area contributed by atoms with Crippen molar-refractivity contribution in [2.45, 2.75) is 33.2 Å². The molecular weight excluding hydrogens is 282 g/mol. The molecule has 118 valence electrons. The molecular formula is C16H21N3O3. The summed E-state index contributed by atoms with van der Waals surface area (Å²) in [6.45, 7) is 5.23. The molecule has 6 heteroatoms. The summed E-state index contributed by atoms with van der Waals surface area (Å²) in [5.74, 6) is -0.823. The Morgan fingerprint density at radius 3 is 1.95 bits per heavy atom. The molecule has 1 aromatic carbocycles. The first kappa shape index (κ1) is 16.0. The normalized spacial score (nSPS) is 19.5. The monoisotopic (exact) mass is 303 g/mol. The van der Waals surface area contributed by atoms with E-state index in [0.29, 0.717) is 17.8 Å². The third kappa shape index (κ3) is 4.31. The van der Waals surface area contributed by atoms with Gasteiger partial charge in [-0.3, -0.25) is 14.4 Å². The van der Waals surface area contributed by atoms with E-state index in [1.54, 1.807) is 24.3 Å². The van der Waals surface area contributed by atoms with Gasteiger partial charge in [-0.2, -0.15) is 0 Å². The summed E-state index contributed by atoms with van der Waals surface area (Å²) in [6.07, 6.45) is 0.592. The SMILES string of the molecule is CC(=O)Nc1ccc(NC(=O)C2CC2C(=O)NC(C)C)cc1. The van der Waals surface area contributed by atoms with Crippen LogP contribution < -0.4 is 16.0 Å².